The maximum Gasteiger partial charge on any atom is 0.244 e. The molecule has 2 amide bonds. The van der Waals surface area contributed by atoms with E-state index in [9.17, 15) is 18.0 Å². The highest BCUT2D eigenvalue weighted by molar-refractivity contribution is 7.92. The molecule has 0 aliphatic carbocycles. The topological polar surface area (TPSA) is 96.0 Å². The Balaban J connectivity index is 2.08. The van der Waals surface area contributed by atoms with Gasteiger partial charge in [-0.15, -0.1) is 0 Å². The molecule has 0 bridgehead atoms. The summed E-state index contributed by atoms with van der Waals surface area (Å²) >= 11 is 6.20. The summed E-state index contributed by atoms with van der Waals surface area (Å²) in [4.78, 5) is 29.3. The van der Waals surface area contributed by atoms with Crippen LogP contribution < -0.4 is 14.4 Å². The van der Waals surface area contributed by atoms with Gasteiger partial charge in [-0.1, -0.05) is 85.6 Å². The Morgan fingerprint density at radius 3 is 2.22 bits per heavy atom. The number of rotatable bonds is 13. The number of sulfonamides is 1. The lowest BCUT2D eigenvalue weighted by Crippen LogP contribution is -2.53. The van der Waals surface area contributed by atoms with Crippen molar-refractivity contribution in [3.63, 3.8) is 0 Å². The maximum absolute atomic E-state index is 14.2. The van der Waals surface area contributed by atoms with Crippen LogP contribution >= 0.6 is 11.6 Å². The summed E-state index contributed by atoms with van der Waals surface area (Å²) in [6, 6.07) is 20.8. The van der Waals surface area contributed by atoms with Gasteiger partial charge in [-0.2, -0.15) is 0 Å². The fourth-order valence-electron chi connectivity index (χ4n) is 4.32. The van der Waals surface area contributed by atoms with E-state index in [2.05, 4.69) is 5.32 Å². The van der Waals surface area contributed by atoms with Crippen molar-refractivity contribution in [2.75, 3.05) is 30.8 Å². The van der Waals surface area contributed by atoms with Gasteiger partial charge in [-0.25, -0.2) is 8.42 Å². The number of carbonyl (C=O) groups excluding carboxylic acids is 2. The molecule has 0 aliphatic rings. The molecule has 0 saturated carbocycles. The van der Waals surface area contributed by atoms with Crippen molar-refractivity contribution in [3.05, 3.63) is 94.5 Å². The molecule has 0 radical (unpaired) electrons. The van der Waals surface area contributed by atoms with Crippen molar-refractivity contribution >= 4 is 39.1 Å². The average Bonchev–Trinajstić information content (AvgIpc) is 2.93. The molecule has 3 aromatic rings. The van der Waals surface area contributed by atoms with Crippen molar-refractivity contribution in [1.82, 2.24) is 10.2 Å². The fraction of sp³-hybridized carbons (Fsp3) is 0.355. The van der Waals surface area contributed by atoms with Gasteiger partial charge in [-0.05, 0) is 42.2 Å². The molecule has 0 saturated heterocycles. The summed E-state index contributed by atoms with van der Waals surface area (Å²) in [6.45, 7) is 5.94. The zero-order valence-corrected chi connectivity index (χ0v) is 25.7. The Hall–Kier alpha value is -3.56. The molecule has 1 N–H and O–H groups in total. The van der Waals surface area contributed by atoms with Crippen LogP contribution in [0.25, 0.3) is 0 Å². The molecular weight excluding hydrogens is 562 g/mol. The van der Waals surface area contributed by atoms with Crippen molar-refractivity contribution in [1.29, 1.82) is 0 Å². The van der Waals surface area contributed by atoms with Crippen molar-refractivity contribution in [3.8, 4) is 5.75 Å². The van der Waals surface area contributed by atoms with E-state index in [1.165, 1.54) is 18.1 Å². The van der Waals surface area contributed by atoms with Gasteiger partial charge >= 0.3 is 0 Å². The molecular formula is C31H38ClN3O5S. The Labute approximate surface area is 248 Å². The molecule has 0 aromatic heterocycles. The highest BCUT2D eigenvalue weighted by atomic mass is 35.5. The van der Waals surface area contributed by atoms with Gasteiger partial charge in [0.2, 0.25) is 21.8 Å². The van der Waals surface area contributed by atoms with Crippen LogP contribution in [0.1, 0.15) is 30.5 Å². The number of benzene rings is 3. The summed E-state index contributed by atoms with van der Waals surface area (Å²) in [6.07, 6.45) is 1.27. The van der Waals surface area contributed by atoms with Gasteiger partial charge in [0.25, 0.3) is 0 Å². The number of anilines is 1. The number of carbonyl (C=O) groups is 2. The minimum absolute atomic E-state index is 0.107. The summed E-state index contributed by atoms with van der Waals surface area (Å²) in [5.74, 6) is -0.408. The fourth-order valence-corrected chi connectivity index (χ4v) is 5.33. The summed E-state index contributed by atoms with van der Waals surface area (Å²) in [7, 11) is -2.54. The third-order valence-corrected chi connectivity index (χ3v) is 7.88. The molecule has 0 aliphatic heterocycles. The van der Waals surface area contributed by atoms with Crippen LogP contribution in [0.2, 0.25) is 5.02 Å². The molecule has 3 aromatic carbocycles. The number of halogens is 1. The number of ether oxygens (including phenoxy) is 1. The number of methoxy groups -OCH3 is 1. The normalized spacial score (nSPS) is 12.1. The molecule has 0 heterocycles. The number of nitrogens with zero attached hydrogens (tertiary/aromatic N) is 2. The van der Waals surface area contributed by atoms with E-state index in [0.29, 0.717) is 6.54 Å². The number of hydrogen-bond donors (Lipinski definition) is 1. The van der Waals surface area contributed by atoms with Gasteiger partial charge in [0.05, 0.1) is 19.1 Å². The summed E-state index contributed by atoms with van der Waals surface area (Å²) < 4.78 is 32.4. The Bertz CT molecular complexity index is 1430. The van der Waals surface area contributed by atoms with Crippen molar-refractivity contribution in [2.24, 2.45) is 5.92 Å². The lowest BCUT2D eigenvalue weighted by molar-refractivity contribution is -0.140. The summed E-state index contributed by atoms with van der Waals surface area (Å²) in [5.41, 5.74) is 2.87. The van der Waals surface area contributed by atoms with E-state index in [4.69, 9.17) is 16.3 Å². The molecule has 0 unspecified atom stereocenters. The van der Waals surface area contributed by atoms with Crippen LogP contribution in [0.3, 0.4) is 0 Å². The zero-order chi connectivity index (χ0) is 30.2. The minimum Gasteiger partial charge on any atom is -0.495 e. The monoisotopic (exact) mass is 599 g/mol. The molecule has 41 heavy (non-hydrogen) atoms. The minimum atomic E-state index is -3.95. The predicted octanol–water partition coefficient (Wildman–Crippen LogP) is 4.84. The van der Waals surface area contributed by atoms with Gasteiger partial charge < -0.3 is 15.0 Å². The van der Waals surface area contributed by atoms with E-state index in [-0.39, 0.29) is 41.3 Å². The van der Waals surface area contributed by atoms with Gasteiger partial charge in [-0.3, -0.25) is 13.9 Å². The van der Waals surface area contributed by atoms with Crippen molar-refractivity contribution in [2.45, 2.75) is 39.8 Å². The predicted molar refractivity (Wildman–Crippen MR) is 164 cm³/mol. The second-order valence-corrected chi connectivity index (χ2v) is 12.8. The Kier molecular flexibility index (Phi) is 11.2. The van der Waals surface area contributed by atoms with Crippen LogP contribution in [0.5, 0.6) is 5.75 Å². The van der Waals surface area contributed by atoms with E-state index < -0.39 is 28.5 Å². The van der Waals surface area contributed by atoms with Crippen LogP contribution in [0.15, 0.2) is 72.8 Å². The zero-order valence-electron chi connectivity index (χ0n) is 24.1. The molecule has 8 nitrogen and oxygen atoms in total. The van der Waals surface area contributed by atoms with Crippen LogP contribution in [-0.4, -0.2) is 57.6 Å². The number of hydrogen-bond acceptors (Lipinski definition) is 5. The molecule has 220 valence electrons. The third-order valence-electron chi connectivity index (χ3n) is 6.52. The molecule has 0 fully saturated rings. The Morgan fingerprint density at radius 1 is 0.976 bits per heavy atom. The second kappa shape index (κ2) is 14.4. The van der Waals surface area contributed by atoms with E-state index in [1.807, 2.05) is 75.4 Å². The number of nitrogens with one attached hydrogen (secondary N) is 1. The van der Waals surface area contributed by atoms with Gasteiger partial charge in [0.15, 0.2) is 0 Å². The first-order valence-electron chi connectivity index (χ1n) is 13.4. The molecule has 10 heteroatoms. The standard InChI is InChI=1S/C31H38ClN3O5S/c1-22(2)19-33-31(37)28(17-24-9-7-6-8-10-24)34(20-25-13-11-23(3)12-14-25)30(36)21-35(41(5,38)39)27-18-26(32)15-16-29(27)40-4/h6-16,18,22,28H,17,19-21H2,1-5H3,(H,33,37)/t28-/m0/s1. The lowest BCUT2D eigenvalue weighted by Gasteiger charge is -2.34. The average molecular weight is 600 g/mol. The third kappa shape index (κ3) is 9.23. The first kappa shape index (κ1) is 32.0. The van der Waals surface area contributed by atoms with E-state index in [0.717, 1.165) is 27.3 Å². The highest BCUT2D eigenvalue weighted by Crippen LogP contribution is 2.33. The summed E-state index contributed by atoms with van der Waals surface area (Å²) in [5, 5.41) is 3.26. The van der Waals surface area contributed by atoms with Gasteiger partial charge in [0, 0.05) is 24.5 Å². The molecule has 0 spiro atoms. The van der Waals surface area contributed by atoms with Gasteiger partial charge in [0.1, 0.15) is 18.3 Å². The largest absolute Gasteiger partial charge is 0.495 e. The first-order chi connectivity index (χ1) is 19.4. The number of aryl methyl sites for hydroxylation is 1. The van der Waals surface area contributed by atoms with Crippen molar-refractivity contribution < 1.29 is 22.7 Å². The van der Waals surface area contributed by atoms with E-state index in [1.54, 1.807) is 12.1 Å². The van der Waals surface area contributed by atoms with Crippen LogP contribution in [-0.2, 0) is 32.6 Å². The SMILES string of the molecule is COc1ccc(Cl)cc1N(CC(=O)N(Cc1ccc(C)cc1)[C@@H](Cc1ccccc1)C(=O)NCC(C)C)S(C)(=O)=O. The highest BCUT2D eigenvalue weighted by Gasteiger charge is 2.33. The smallest absolute Gasteiger partial charge is 0.244 e. The number of amides is 2. The lowest BCUT2D eigenvalue weighted by atomic mass is 10.0. The quantitative estimate of drug-likeness (QED) is 0.303. The van der Waals surface area contributed by atoms with Crippen LogP contribution in [0, 0.1) is 12.8 Å². The Morgan fingerprint density at radius 2 is 1.63 bits per heavy atom. The van der Waals surface area contributed by atoms with Crippen LogP contribution in [0.4, 0.5) is 5.69 Å². The van der Waals surface area contributed by atoms with E-state index >= 15 is 0 Å². The second-order valence-electron chi connectivity index (χ2n) is 10.4. The molecule has 3 rings (SSSR count). The first-order valence-corrected chi connectivity index (χ1v) is 15.6. The maximum atomic E-state index is 14.2. The molecule has 1 atom stereocenters.